The molecule has 3 aromatic carbocycles. The lowest BCUT2D eigenvalue weighted by atomic mass is 9.98. The maximum atomic E-state index is 12.3. The molecular weight excluding hydrogens is 506 g/mol. The first-order chi connectivity index (χ1) is 19.1. The van der Waals surface area contributed by atoms with Crippen LogP contribution in [0.4, 0.5) is 0 Å². The summed E-state index contributed by atoms with van der Waals surface area (Å²) >= 11 is 0. The largest absolute Gasteiger partial charge is 0.310 e. The molecule has 0 aliphatic carbocycles. The highest BCUT2D eigenvalue weighted by Gasteiger charge is 2.14. The minimum atomic E-state index is -1.08. The van der Waals surface area contributed by atoms with Crippen LogP contribution in [0.25, 0.3) is 33.4 Å². The van der Waals surface area contributed by atoms with Crippen molar-refractivity contribution in [2.75, 3.05) is 12.8 Å². The average molecular weight is 540 g/mol. The Labute approximate surface area is 230 Å². The summed E-state index contributed by atoms with van der Waals surface area (Å²) in [5, 5.41) is 15.5. The molecule has 0 radical (unpaired) electrons. The SMILES string of the molecule is CCCCc1nc2ccc(S(C)=O)cc2c(=NCCC)n1Cc1ccc(-c2ccccc2-c2nn[nH]n2)cc1. The van der Waals surface area contributed by atoms with Gasteiger partial charge in [0.25, 0.3) is 0 Å². The quantitative estimate of drug-likeness (QED) is 0.259. The fourth-order valence-corrected chi connectivity index (χ4v) is 5.24. The summed E-state index contributed by atoms with van der Waals surface area (Å²) in [5.74, 6) is 1.60. The van der Waals surface area contributed by atoms with Crippen LogP contribution in [0.2, 0.25) is 0 Å². The molecule has 1 atom stereocenters. The first-order valence-electron chi connectivity index (χ1n) is 13.4. The van der Waals surface area contributed by atoms with Gasteiger partial charge >= 0.3 is 0 Å². The molecule has 0 saturated heterocycles. The third kappa shape index (κ3) is 5.88. The highest BCUT2D eigenvalue weighted by Crippen LogP contribution is 2.30. The van der Waals surface area contributed by atoms with Crippen LogP contribution in [-0.4, -0.2) is 47.2 Å². The van der Waals surface area contributed by atoms with Crippen molar-refractivity contribution < 1.29 is 4.21 Å². The smallest absolute Gasteiger partial charge is 0.205 e. The zero-order valence-electron chi connectivity index (χ0n) is 22.6. The number of unbranched alkanes of at least 4 members (excludes halogenated alkanes) is 1. The highest BCUT2D eigenvalue weighted by atomic mass is 32.2. The molecule has 5 rings (SSSR count). The molecule has 2 heterocycles. The summed E-state index contributed by atoms with van der Waals surface area (Å²) in [6, 6.07) is 22.5. The predicted molar refractivity (Wildman–Crippen MR) is 156 cm³/mol. The number of nitrogens with zero attached hydrogens (tertiary/aromatic N) is 6. The molecule has 0 fully saturated rings. The van der Waals surface area contributed by atoms with Gasteiger partial charge in [0, 0.05) is 45.9 Å². The Kier molecular flexibility index (Phi) is 8.36. The maximum Gasteiger partial charge on any atom is 0.205 e. The van der Waals surface area contributed by atoms with Crippen LogP contribution in [-0.2, 0) is 23.8 Å². The van der Waals surface area contributed by atoms with Crippen LogP contribution < -0.4 is 5.49 Å². The van der Waals surface area contributed by atoms with Gasteiger partial charge in [-0.3, -0.25) is 9.20 Å². The van der Waals surface area contributed by atoms with Gasteiger partial charge in [0.1, 0.15) is 11.3 Å². The summed E-state index contributed by atoms with van der Waals surface area (Å²) in [6.07, 6.45) is 5.66. The maximum absolute atomic E-state index is 12.3. The van der Waals surface area contributed by atoms with E-state index >= 15 is 0 Å². The van der Waals surface area contributed by atoms with Crippen molar-refractivity contribution in [2.45, 2.75) is 51.0 Å². The first kappa shape index (κ1) is 26.6. The van der Waals surface area contributed by atoms with E-state index in [4.69, 9.17) is 9.98 Å². The van der Waals surface area contributed by atoms with E-state index < -0.39 is 10.8 Å². The molecule has 1 unspecified atom stereocenters. The Morgan fingerprint density at radius 2 is 1.77 bits per heavy atom. The van der Waals surface area contributed by atoms with E-state index in [9.17, 15) is 4.21 Å². The van der Waals surface area contributed by atoms with Crippen LogP contribution in [0.5, 0.6) is 0 Å². The lowest BCUT2D eigenvalue weighted by Gasteiger charge is -2.17. The number of aryl methyl sites for hydroxylation is 1. The van der Waals surface area contributed by atoms with E-state index in [0.717, 1.165) is 81.6 Å². The molecule has 0 bridgehead atoms. The van der Waals surface area contributed by atoms with Crippen molar-refractivity contribution in [2.24, 2.45) is 4.99 Å². The van der Waals surface area contributed by atoms with Gasteiger partial charge in [0.2, 0.25) is 5.82 Å². The normalized spacial score (nSPS) is 12.7. The van der Waals surface area contributed by atoms with Crippen LogP contribution >= 0.6 is 0 Å². The first-order valence-corrected chi connectivity index (χ1v) is 14.9. The number of rotatable bonds is 10. The second kappa shape index (κ2) is 12.3. The number of H-pyrrole nitrogens is 1. The number of hydrogen-bond acceptors (Lipinski definition) is 6. The summed E-state index contributed by atoms with van der Waals surface area (Å²) in [5.41, 5.74) is 6.02. The van der Waals surface area contributed by atoms with Gasteiger partial charge in [-0.25, -0.2) is 4.98 Å². The van der Waals surface area contributed by atoms with Crippen molar-refractivity contribution >= 4 is 21.7 Å². The molecule has 0 saturated carbocycles. The van der Waals surface area contributed by atoms with Crippen molar-refractivity contribution in [1.82, 2.24) is 30.2 Å². The molecule has 1 N–H and O–H groups in total. The van der Waals surface area contributed by atoms with Gasteiger partial charge in [-0.1, -0.05) is 68.8 Å². The molecule has 200 valence electrons. The summed E-state index contributed by atoms with van der Waals surface area (Å²) in [7, 11) is -1.08. The average Bonchev–Trinajstić information content (AvgIpc) is 3.51. The second-order valence-corrected chi connectivity index (χ2v) is 10.9. The number of aromatic amines is 1. The van der Waals surface area contributed by atoms with Gasteiger partial charge < -0.3 is 4.57 Å². The fraction of sp³-hybridized carbons (Fsp3) is 0.300. The lowest BCUT2D eigenvalue weighted by Crippen LogP contribution is -2.28. The molecule has 5 aromatic rings. The molecule has 0 aliphatic heterocycles. The van der Waals surface area contributed by atoms with Gasteiger partial charge in [-0.15, -0.1) is 10.2 Å². The predicted octanol–water partition coefficient (Wildman–Crippen LogP) is 5.32. The third-order valence-corrected chi connectivity index (χ3v) is 7.63. The van der Waals surface area contributed by atoms with Gasteiger partial charge in [-0.2, -0.15) is 5.21 Å². The van der Waals surface area contributed by atoms with Gasteiger partial charge in [-0.05, 0) is 52.9 Å². The molecule has 0 aliphatic rings. The van der Waals surface area contributed by atoms with Crippen LogP contribution in [0.1, 0.15) is 44.5 Å². The van der Waals surface area contributed by atoms with E-state index in [1.54, 1.807) is 6.26 Å². The highest BCUT2D eigenvalue weighted by molar-refractivity contribution is 7.84. The minimum absolute atomic E-state index is 0.572. The summed E-state index contributed by atoms with van der Waals surface area (Å²) < 4.78 is 14.5. The monoisotopic (exact) mass is 539 g/mol. The topological polar surface area (TPSA) is 102 Å². The van der Waals surface area contributed by atoms with Crippen LogP contribution in [0.15, 0.2) is 76.6 Å². The number of benzene rings is 3. The van der Waals surface area contributed by atoms with Gasteiger partial charge in [0.15, 0.2) is 0 Å². The third-order valence-electron chi connectivity index (χ3n) is 6.72. The summed E-state index contributed by atoms with van der Waals surface area (Å²) in [4.78, 5) is 10.9. The molecule has 39 heavy (non-hydrogen) atoms. The number of aromatic nitrogens is 6. The molecule has 0 amide bonds. The Bertz CT molecular complexity index is 1660. The van der Waals surface area contributed by atoms with E-state index in [1.807, 2.05) is 36.4 Å². The Hall–Kier alpha value is -3.98. The minimum Gasteiger partial charge on any atom is -0.310 e. The number of nitrogens with one attached hydrogen (secondary N) is 1. The zero-order chi connectivity index (χ0) is 27.2. The van der Waals surface area contributed by atoms with Crippen molar-refractivity contribution in [3.8, 4) is 22.5 Å². The molecule has 8 nitrogen and oxygen atoms in total. The number of hydrogen-bond donors (Lipinski definition) is 1. The number of fused-ring (bicyclic) bond motifs is 1. The number of tetrazole rings is 1. The van der Waals surface area contributed by atoms with E-state index in [2.05, 4.69) is 69.4 Å². The van der Waals surface area contributed by atoms with Crippen molar-refractivity contribution in [3.05, 3.63) is 83.6 Å². The van der Waals surface area contributed by atoms with E-state index in [0.29, 0.717) is 12.4 Å². The molecular formula is C30H33N7OS. The standard InChI is InChI=1S/C30H33N7OS/c1-4-6-11-28-32-27-17-16-23(39(3)38)19-26(27)30(31-18-5-2)37(28)20-21-12-14-22(15-13-21)24-9-7-8-10-25(24)29-33-35-36-34-29/h7-10,12-17,19H,4-6,11,18,20H2,1-3H3,(H,33,34,35,36). The van der Waals surface area contributed by atoms with Crippen molar-refractivity contribution in [1.29, 1.82) is 0 Å². The second-order valence-electron chi connectivity index (χ2n) is 9.53. The van der Waals surface area contributed by atoms with E-state index in [1.165, 1.54) is 0 Å². The zero-order valence-corrected chi connectivity index (χ0v) is 23.4. The molecule has 2 aromatic heterocycles. The Morgan fingerprint density at radius 3 is 2.46 bits per heavy atom. The molecule has 0 spiro atoms. The van der Waals surface area contributed by atoms with Crippen LogP contribution in [0, 0.1) is 0 Å². The Morgan fingerprint density at radius 1 is 0.974 bits per heavy atom. The summed E-state index contributed by atoms with van der Waals surface area (Å²) in [6.45, 7) is 5.70. The molecule has 9 heteroatoms. The Balaban J connectivity index is 1.58. The fourth-order valence-electron chi connectivity index (χ4n) is 4.70. The van der Waals surface area contributed by atoms with Crippen LogP contribution in [0.3, 0.4) is 0 Å². The van der Waals surface area contributed by atoms with E-state index in [-0.39, 0.29) is 0 Å². The lowest BCUT2D eigenvalue weighted by molar-refractivity contribution is 0.631. The van der Waals surface area contributed by atoms with Gasteiger partial charge in [0.05, 0.1) is 12.1 Å². The van der Waals surface area contributed by atoms with Crippen molar-refractivity contribution in [3.63, 3.8) is 0 Å².